The van der Waals surface area contributed by atoms with Gasteiger partial charge in [-0.05, 0) is 30.4 Å². The number of benzene rings is 1. The van der Waals surface area contributed by atoms with Crippen LogP contribution >= 0.6 is 0 Å². The summed E-state index contributed by atoms with van der Waals surface area (Å²) in [5, 5.41) is 0. The Bertz CT molecular complexity index is 693. The number of rotatable bonds is 2. The smallest absolute Gasteiger partial charge is 0.330 e. The molecule has 2 aromatic rings. The van der Waals surface area contributed by atoms with Gasteiger partial charge < -0.3 is 4.74 Å². The number of esters is 1. The lowest BCUT2D eigenvalue weighted by atomic mass is 9.92. The standard InChI is InChI=1S/C17H16N2O2/c1-21-15(20)10-13-8-5-9-14-11-18-17(19-16(13)14)12-6-3-2-4-7-12/h2-4,6-7,10-11H,5,8-9H2,1H3/b13-10+. The van der Waals surface area contributed by atoms with E-state index >= 15 is 0 Å². The summed E-state index contributed by atoms with van der Waals surface area (Å²) >= 11 is 0. The molecule has 0 atom stereocenters. The van der Waals surface area contributed by atoms with Gasteiger partial charge in [0.2, 0.25) is 0 Å². The molecule has 0 amide bonds. The van der Waals surface area contributed by atoms with Gasteiger partial charge in [-0.25, -0.2) is 14.8 Å². The van der Waals surface area contributed by atoms with Gasteiger partial charge in [0.1, 0.15) is 0 Å². The third kappa shape index (κ3) is 2.84. The quantitative estimate of drug-likeness (QED) is 0.626. The summed E-state index contributed by atoms with van der Waals surface area (Å²) in [6, 6.07) is 9.85. The lowest BCUT2D eigenvalue weighted by Crippen LogP contribution is -2.08. The van der Waals surface area contributed by atoms with Gasteiger partial charge >= 0.3 is 5.97 Å². The molecule has 0 saturated carbocycles. The average molecular weight is 280 g/mol. The zero-order chi connectivity index (χ0) is 14.7. The van der Waals surface area contributed by atoms with E-state index in [9.17, 15) is 4.79 Å². The first-order valence-corrected chi connectivity index (χ1v) is 6.98. The highest BCUT2D eigenvalue weighted by Gasteiger charge is 2.18. The van der Waals surface area contributed by atoms with Crippen LogP contribution in [0.1, 0.15) is 24.1 Å². The number of hydrogen-bond donors (Lipinski definition) is 0. The van der Waals surface area contributed by atoms with Crippen LogP contribution in [0.15, 0.2) is 42.6 Å². The Hall–Kier alpha value is -2.49. The molecular weight excluding hydrogens is 264 g/mol. The molecule has 106 valence electrons. The van der Waals surface area contributed by atoms with E-state index in [4.69, 9.17) is 4.74 Å². The maximum Gasteiger partial charge on any atom is 0.330 e. The van der Waals surface area contributed by atoms with Crippen molar-refractivity contribution in [2.24, 2.45) is 0 Å². The number of allylic oxidation sites excluding steroid dienone is 1. The molecule has 1 aromatic heterocycles. The molecule has 0 aliphatic heterocycles. The van der Waals surface area contributed by atoms with Crippen molar-refractivity contribution >= 4 is 11.5 Å². The van der Waals surface area contributed by atoms with Crippen LogP contribution in [0, 0.1) is 0 Å². The Morgan fingerprint density at radius 1 is 1.24 bits per heavy atom. The largest absolute Gasteiger partial charge is 0.466 e. The topological polar surface area (TPSA) is 52.1 Å². The van der Waals surface area contributed by atoms with Crippen molar-refractivity contribution in [2.45, 2.75) is 19.3 Å². The fourth-order valence-corrected chi connectivity index (χ4v) is 2.52. The first-order chi connectivity index (χ1) is 10.3. The van der Waals surface area contributed by atoms with E-state index in [-0.39, 0.29) is 5.97 Å². The number of methoxy groups -OCH3 is 1. The van der Waals surface area contributed by atoms with E-state index in [0.717, 1.165) is 41.7 Å². The minimum atomic E-state index is -0.335. The number of nitrogens with zero attached hydrogens (tertiary/aromatic N) is 2. The molecule has 1 heterocycles. The molecule has 0 bridgehead atoms. The zero-order valence-electron chi connectivity index (χ0n) is 11.9. The maximum atomic E-state index is 11.5. The van der Waals surface area contributed by atoms with E-state index < -0.39 is 0 Å². The highest BCUT2D eigenvalue weighted by Crippen LogP contribution is 2.30. The number of ether oxygens (including phenoxy) is 1. The van der Waals surface area contributed by atoms with Crippen molar-refractivity contribution in [1.29, 1.82) is 0 Å². The summed E-state index contributed by atoms with van der Waals surface area (Å²) in [7, 11) is 1.39. The van der Waals surface area contributed by atoms with Gasteiger partial charge in [-0.2, -0.15) is 0 Å². The summed E-state index contributed by atoms with van der Waals surface area (Å²) in [6.07, 6.45) is 6.20. The number of carbonyl (C=O) groups is 1. The van der Waals surface area contributed by atoms with Crippen molar-refractivity contribution < 1.29 is 9.53 Å². The Labute approximate surface area is 123 Å². The molecule has 0 spiro atoms. The van der Waals surface area contributed by atoms with Crippen LogP contribution in [0.2, 0.25) is 0 Å². The predicted octanol–water partition coefficient (Wildman–Crippen LogP) is 3.04. The fraction of sp³-hybridized carbons (Fsp3) is 0.235. The van der Waals surface area contributed by atoms with Gasteiger partial charge in [0, 0.05) is 17.8 Å². The summed E-state index contributed by atoms with van der Waals surface area (Å²) in [6.45, 7) is 0. The maximum absolute atomic E-state index is 11.5. The molecule has 0 unspecified atom stereocenters. The Morgan fingerprint density at radius 3 is 2.81 bits per heavy atom. The summed E-state index contributed by atoms with van der Waals surface area (Å²) < 4.78 is 4.72. The number of fused-ring (bicyclic) bond motifs is 1. The minimum absolute atomic E-state index is 0.335. The molecule has 1 aromatic carbocycles. The lowest BCUT2D eigenvalue weighted by molar-refractivity contribution is -0.134. The molecule has 21 heavy (non-hydrogen) atoms. The number of aromatic nitrogens is 2. The van der Waals surface area contributed by atoms with Crippen LogP contribution in [0.3, 0.4) is 0 Å². The third-order valence-corrected chi connectivity index (χ3v) is 3.59. The molecular formula is C17H16N2O2. The number of hydrogen-bond acceptors (Lipinski definition) is 4. The highest BCUT2D eigenvalue weighted by atomic mass is 16.5. The molecule has 4 heteroatoms. The van der Waals surface area contributed by atoms with E-state index in [0.29, 0.717) is 5.82 Å². The molecule has 0 N–H and O–H groups in total. The van der Waals surface area contributed by atoms with Crippen LogP contribution in [0.4, 0.5) is 0 Å². The van der Waals surface area contributed by atoms with E-state index in [2.05, 4.69) is 9.97 Å². The van der Waals surface area contributed by atoms with Gasteiger partial charge in [0.25, 0.3) is 0 Å². The highest BCUT2D eigenvalue weighted by molar-refractivity contribution is 5.91. The number of carbonyl (C=O) groups excluding carboxylic acids is 1. The minimum Gasteiger partial charge on any atom is -0.466 e. The second kappa shape index (κ2) is 5.87. The Kier molecular flexibility index (Phi) is 3.77. The molecule has 0 fully saturated rings. The van der Waals surface area contributed by atoms with Gasteiger partial charge in [0.05, 0.1) is 12.8 Å². The molecule has 0 radical (unpaired) electrons. The van der Waals surface area contributed by atoms with Crippen LogP contribution in [-0.4, -0.2) is 23.0 Å². The normalized spacial score (nSPS) is 15.6. The first kappa shape index (κ1) is 13.5. The Morgan fingerprint density at radius 2 is 2.05 bits per heavy atom. The van der Waals surface area contributed by atoms with Crippen LogP contribution < -0.4 is 0 Å². The SMILES string of the molecule is COC(=O)/C=C1\CCCc2cnc(-c3ccccc3)nc21. The summed E-state index contributed by atoms with van der Waals surface area (Å²) in [5.41, 5.74) is 3.88. The van der Waals surface area contributed by atoms with Crippen LogP contribution in [0.25, 0.3) is 17.0 Å². The monoisotopic (exact) mass is 280 g/mol. The predicted molar refractivity (Wildman–Crippen MR) is 80.4 cm³/mol. The second-order valence-corrected chi connectivity index (χ2v) is 4.98. The van der Waals surface area contributed by atoms with E-state index in [1.54, 1.807) is 6.08 Å². The van der Waals surface area contributed by atoms with Gasteiger partial charge in [-0.1, -0.05) is 30.3 Å². The summed E-state index contributed by atoms with van der Waals surface area (Å²) in [5.74, 6) is 0.352. The van der Waals surface area contributed by atoms with Crippen LogP contribution in [0.5, 0.6) is 0 Å². The van der Waals surface area contributed by atoms with Crippen molar-refractivity contribution in [1.82, 2.24) is 9.97 Å². The molecule has 4 nitrogen and oxygen atoms in total. The second-order valence-electron chi connectivity index (χ2n) is 4.98. The fourth-order valence-electron chi connectivity index (χ4n) is 2.52. The molecule has 1 aliphatic carbocycles. The molecule has 3 rings (SSSR count). The molecule has 1 aliphatic rings. The van der Waals surface area contributed by atoms with Crippen LogP contribution in [-0.2, 0) is 16.0 Å². The Balaban J connectivity index is 2.05. The third-order valence-electron chi connectivity index (χ3n) is 3.59. The van der Waals surface area contributed by atoms with Gasteiger partial charge in [-0.3, -0.25) is 0 Å². The molecule has 0 saturated heterocycles. The first-order valence-electron chi connectivity index (χ1n) is 6.98. The van der Waals surface area contributed by atoms with E-state index in [1.165, 1.54) is 7.11 Å². The number of aryl methyl sites for hydroxylation is 1. The average Bonchev–Trinajstić information content (AvgIpc) is 2.55. The van der Waals surface area contributed by atoms with Gasteiger partial charge in [0.15, 0.2) is 5.82 Å². The van der Waals surface area contributed by atoms with E-state index in [1.807, 2.05) is 36.5 Å². The van der Waals surface area contributed by atoms with Crippen molar-refractivity contribution in [2.75, 3.05) is 7.11 Å². The van der Waals surface area contributed by atoms with Gasteiger partial charge in [-0.15, -0.1) is 0 Å². The lowest BCUT2D eigenvalue weighted by Gasteiger charge is -2.18. The van der Waals surface area contributed by atoms with Crippen molar-refractivity contribution in [3.05, 3.63) is 53.9 Å². The van der Waals surface area contributed by atoms with Crippen molar-refractivity contribution in [3.8, 4) is 11.4 Å². The zero-order valence-corrected chi connectivity index (χ0v) is 11.9. The summed E-state index contributed by atoms with van der Waals surface area (Å²) in [4.78, 5) is 20.6. The van der Waals surface area contributed by atoms with Crippen molar-refractivity contribution in [3.63, 3.8) is 0 Å².